The van der Waals surface area contributed by atoms with Gasteiger partial charge in [0.15, 0.2) is 11.5 Å². The summed E-state index contributed by atoms with van der Waals surface area (Å²) in [6, 6.07) is 12.0. The third-order valence-corrected chi connectivity index (χ3v) is 6.39. The molecule has 0 fully saturated rings. The monoisotopic (exact) mass is 468 g/mol. The van der Waals surface area contributed by atoms with E-state index in [-0.39, 0.29) is 4.90 Å². The molecule has 0 spiro atoms. The minimum absolute atomic E-state index is 0.107. The van der Waals surface area contributed by atoms with E-state index in [4.69, 9.17) is 14.2 Å². The zero-order valence-corrected chi connectivity index (χ0v) is 19.4. The van der Waals surface area contributed by atoms with Crippen LogP contribution in [0.5, 0.6) is 11.5 Å². The van der Waals surface area contributed by atoms with Gasteiger partial charge in [-0.3, -0.25) is 4.79 Å². The molecule has 0 saturated carbocycles. The Balaban J connectivity index is 2.17. The highest BCUT2D eigenvalue weighted by Crippen LogP contribution is 2.30. The van der Waals surface area contributed by atoms with Gasteiger partial charge in [-0.25, -0.2) is 8.42 Å². The summed E-state index contributed by atoms with van der Waals surface area (Å²) in [7, 11) is -0.746. The maximum absolute atomic E-state index is 12.9. The zero-order chi connectivity index (χ0) is 22.7. The maximum Gasteiger partial charge on any atom is 0.242 e. The van der Waals surface area contributed by atoms with Crippen molar-refractivity contribution in [2.75, 3.05) is 44.8 Å². The Bertz CT molecular complexity index is 938. The van der Waals surface area contributed by atoms with Crippen LogP contribution in [0.2, 0.25) is 0 Å². The molecular formula is C21H28N2O6S2. The number of hydrogen-bond acceptors (Lipinski definition) is 7. The first kappa shape index (κ1) is 25.0. The maximum atomic E-state index is 12.9. The third-order valence-electron chi connectivity index (χ3n) is 4.25. The minimum atomic E-state index is -3.84. The summed E-state index contributed by atoms with van der Waals surface area (Å²) >= 11 is 1.53. The van der Waals surface area contributed by atoms with Crippen molar-refractivity contribution in [3.05, 3.63) is 48.5 Å². The molecule has 0 bridgehead atoms. The second kappa shape index (κ2) is 12.6. The number of benzene rings is 2. The molecule has 0 heterocycles. The summed E-state index contributed by atoms with van der Waals surface area (Å²) in [6.07, 6.45) is 2.24. The highest BCUT2D eigenvalue weighted by Gasteiger charge is 2.25. The van der Waals surface area contributed by atoms with Crippen LogP contribution in [0.15, 0.2) is 53.4 Å². The number of anilines is 1. The van der Waals surface area contributed by atoms with Crippen LogP contribution in [-0.4, -0.2) is 59.8 Å². The van der Waals surface area contributed by atoms with E-state index in [1.54, 1.807) is 43.5 Å². The van der Waals surface area contributed by atoms with Gasteiger partial charge in [-0.2, -0.15) is 16.5 Å². The van der Waals surface area contributed by atoms with Crippen molar-refractivity contribution in [3.63, 3.8) is 0 Å². The van der Waals surface area contributed by atoms with E-state index < -0.39 is 22.0 Å². The quantitative estimate of drug-likeness (QED) is 0.436. The van der Waals surface area contributed by atoms with Crippen LogP contribution in [0.25, 0.3) is 0 Å². The topological polar surface area (TPSA) is 103 Å². The van der Waals surface area contributed by atoms with Gasteiger partial charge in [-0.15, -0.1) is 0 Å². The molecule has 0 aliphatic rings. The van der Waals surface area contributed by atoms with E-state index in [2.05, 4.69) is 10.0 Å². The molecular weight excluding hydrogens is 440 g/mol. The molecule has 0 aromatic heterocycles. The van der Waals surface area contributed by atoms with Gasteiger partial charge in [0.1, 0.15) is 12.6 Å². The van der Waals surface area contributed by atoms with Crippen molar-refractivity contribution >= 4 is 33.4 Å². The number of amides is 1. The molecule has 0 aliphatic carbocycles. The van der Waals surface area contributed by atoms with Crippen LogP contribution in [0.1, 0.15) is 6.42 Å². The average Bonchev–Trinajstić information content (AvgIpc) is 2.77. The number of sulfonamides is 1. The SMILES string of the molecule is COCCOc1cc(NC(=O)C(CCSC)NS(=O)(=O)c2ccccc2)ccc1OC. The van der Waals surface area contributed by atoms with E-state index >= 15 is 0 Å². The van der Waals surface area contributed by atoms with E-state index in [0.29, 0.717) is 42.6 Å². The minimum Gasteiger partial charge on any atom is -0.493 e. The van der Waals surface area contributed by atoms with Gasteiger partial charge in [0.2, 0.25) is 15.9 Å². The predicted molar refractivity (Wildman–Crippen MR) is 123 cm³/mol. The molecule has 8 nitrogen and oxygen atoms in total. The molecule has 0 aliphatic heterocycles. The first-order chi connectivity index (χ1) is 14.9. The second-order valence-corrected chi connectivity index (χ2v) is 9.16. The Morgan fingerprint density at radius 1 is 1.06 bits per heavy atom. The number of carbonyl (C=O) groups excluding carboxylic acids is 1. The van der Waals surface area contributed by atoms with Gasteiger partial charge in [0.05, 0.1) is 18.6 Å². The van der Waals surface area contributed by atoms with Gasteiger partial charge in [-0.1, -0.05) is 18.2 Å². The Kier molecular flexibility index (Phi) is 10.1. The summed E-state index contributed by atoms with van der Waals surface area (Å²) in [6.45, 7) is 0.718. The van der Waals surface area contributed by atoms with Crippen LogP contribution >= 0.6 is 11.8 Å². The lowest BCUT2D eigenvalue weighted by Gasteiger charge is -2.19. The van der Waals surface area contributed by atoms with Crippen LogP contribution in [-0.2, 0) is 19.6 Å². The summed E-state index contributed by atoms with van der Waals surface area (Å²) in [5.41, 5.74) is 0.464. The molecule has 170 valence electrons. The van der Waals surface area contributed by atoms with Crippen molar-refractivity contribution in [3.8, 4) is 11.5 Å². The summed E-state index contributed by atoms with van der Waals surface area (Å²) < 4.78 is 43.8. The smallest absolute Gasteiger partial charge is 0.242 e. The number of carbonyl (C=O) groups is 1. The standard InChI is InChI=1S/C21H28N2O6S2/c1-27-12-13-29-20-15-16(9-10-19(20)28-2)22-21(24)18(11-14-30-3)23-31(25,26)17-7-5-4-6-8-17/h4-10,15,18,23H,11-14H2,1-3H3,(H,22,24). The number of nitrogens with one attached hydrogen (secondary N) is 2. The van der Waals surface area contributed by atoms with Crippen LogP contribution in [0, 0.1) is 0 Å². The summed E-state index contributed by atoms with van der Waals surface area (Å²) in [5.74, 6) is 1.12. The average molecular weight is 469 g/mol. The van der Waals surface area contributed by atoms with Gasteiger partial charge in [0.25, 0.3) is 0 Å². The molecule has 2 aromatic carbocycles. The molecule has 2 rings (SSSR count). The molecule has 31 heavy (non-hydrogen) atoms. The Labute approximate surface area is 187 Å². The Hall–Kier alpha value is -2.27. The molecule has 1 unspecified atom stereocenters. The fraction of sp³-hybridized carbons (Fsp3) is 0.381. The predicted octanol–water partition coefficient (Wildman–Crippen LogP) is 2.76. The van der Waals surface area contributed by atoms with Gasteiger partial charge >= 0.3 is 0 Å². The van der Waals surface area contributed by atoms with Gasteiger partial charge < -0.3 is 19.5 Å². The van der Waals surface area contributed by atoms with Crippen molar-refractivity contribution in [1.82, 2.24) is 4.72 Å². The lowest BCUT2D eigenvalue weighted by atomic mass is 10.2. The number of methoxy groups -OCH3 is 2. The van der Waals surface area contributed by atoms with E-state index in [0.717, 1.165) is 0 Å². The fourth-order valence-electron chi connectivity index (χ4n) is 2.67. The molecule has 1 atom stereocenters. The molecule has 0 radical (unpaired) electrons. The molecule has 1 amide bonds. The van der Waals surface area contributed by atoms with Crippen LogP contribution < -0.4 is 19.5 Å². The molecule has 2 aromatic rings. The van der Waals surface area contributed by atoms with Gasteiger partial charge in [0, 0.05) is 18.9 Å². The van der Waals surface area contributed by atoms with Crippen LogP contribution in [0.3, 0.4) is 0 Å². The number of thioether (sulfide) groups is 1. The molecule has 0 saturated heterocycles. The van der Waals surface area contributed by atoms with Gasteiger partial charge in [-0.05, 0) is 42.7 Å². The van der Waals surface area contributed by atoms with Crippen molar-refractivity contribution < 1.29 is 27.4 Å². The fourth-order valence-corrected chi connectivity index (χ4v) is 4.39. The highest BCUT2D eigenvalue weighted by atomic mass is 32.2. The normalized spacial score (nSPS) is 12.2. The lowest BCUT2D eigenvalue weighted by Crippen LogP contribution is -2.44. The first-order valence-electron chi connectivity index (χ1n) is 9.58. The second-order valence-electron chi connectivity index (χ2n) is 6.46. The lowest BCUT2D eigenvalue weighted by molar-refractivity contribution is -0.117. The Morgan fingerprint density at radius 2 is 1.81 bits per heavy atom. The summed E-state index contributed by atoms with van der Waals surface area (Å²) in [5, 5.41) is 2.77. The Morgan fingerprint density at radius 3 is 2.45 bits per heavy atom. The summed E-state index contributed by atoms with van der Waals surface area (Å²) in [4.78, 5) is 13.0. The molecule has 2 N–H and O–H groups in total. The van der Waals surface area contributed by atoms with E-state index in [9.17, 15) is 13.2 Å². The van der Waals surface area contributed by atoms with E-state index in [1.807, 2.05) is 6.26 Å². The highest BCUT2D eigenvalue weighted by molar-refractivity contribution is 7.98. The number of hydrogen-bond donors (Lipinski definition) is 2. The number of ether oxygens (including phenoxy) is 3. The van der Waals surface area contributed by atoms with Crippen molar-refractivity contribution in [2.45, 2.75) is 17.4 Å². The molecule has 10 heteroatoms. The third kappa shape index (κ3) is 7.73. The zero-order valence-electron chi connectivity index (χ0n) is 17.8. The largest absolute Gasteiger partial charge is 0.493 e. The number of rotatable bonds is 13. The first-order valence-corrected chi connectivity index (χ1v) is 12.5. The van der Waals surface area contributed by atoms with Crippen LogP contribution in [0.4, 0.5) is 5.69 Å². The van der Waals surface area contributed by atoms with E-state index in [1.165, 1.54) is 31.0 Å². The van der Waals surface area contributed by atoms with Crippen molar-refractivity contribution in [1.29, 1.82) is 0 Å². The van der Waals surface area contributed by atoms with Crippen molar-refractivity contribution in [2.24, 2.45) is 0 Å².